The van der Waals surface area contributed by atoms with Crippen LogP contribution >= 0.6 is 0 Å². The van der Waals surface area contributed by atoms with E-state index < -0.39 is 15.8 Å². The number of sulfonamides is 1. The molecule has 0 unspecified atom stereocenters. The number of halogens is 1. The fourth-order valence-electron chi connectivity index (χ4n) is 1.68. The highest BCUT2D eigenvalue weighted by Crippen LogP contribution is 2.07. The van der Waals surface area contributed by atoms with Gasteiger partial charge in [0.1, 0.15) is 5.82 Å². The van der Waals surface area contributed by atoms with Gasteiger partial charge in [0.2, 0.25) is 10.0 Å². The SMILES string of the molecule is O=S(=O)(Cc1cccc(F)c1)NCCc1ccoc1. The van der Waals surface area contributed by atoms with Crippen LogP contribution in [0.4, 0.5) is 4.39 Å². The van der Waals surface area contributed by atoms with Crippen molar-refractivity contribution in [3.63, 3.8) is 0 Å². The molecule has 6 heteroatoms. The highest BCUT2D eigenvalue weighted by molar-refractivity contribution is 7.88. The van der Waals surface area contributed by atoms with E-state index in [1.807, 2.05) is 0 Å². The number of hydrogen-bond donors (Lipinski definition) is 1. The zero-order valence-corrected chi connectivity index (χ0v) is 11.0. The fraction of sp³-hybridized carbons (Fsp3) is 0.231. The van der Waals surface area contributed by atoms with Crippen molar-refractivity contribution in [2.24, 2.45) is 0 Å². The summed E-state index contributed by atoms with van der Waals surface area (Å²) in [6, 6.07) is 7.35. The van der Waals surface area contributed by atoms with Crippen LogP contribution < -0.4 is 4.72 Å². The first kappa shape index (κ1) is 13.8. The average Bonchev–Trinajstić information content (AvgIpc) is 2.81. The first-order valence-corrected chi connectivity index (χ1v) is 7.43. The Balaban J connectivity index is 1.88. The second-order valence-electron chi connectivity index (χ2n) is 4.16. The van der Waals surface area contributed by atoms with Crippen LogP contribution in [0.3, 0.4) is 0 Å². The third-order valence-corrected chi connectivity index (χ3v) is 3.92. The molecular weight excluding hydrogens is 269 g/mol. The van der Waals surface area contributed by atoms with Gasteiger partial charge >= 0.3 is 0 Å². The van der Waals surface area contributed by atoms with E-state index in [4.69, 9.17) is 4.42 Å². The summed E-state index contributed by atoms with van der Waals surface area (Å²) in [5, 5.41) is 0. The first-order chi connectivity index (χ1) is 9.05. The summed E-state index contributed by atoms with van der Waals surface area (Å²) in [5.41, 5.74) is 1.35. The quantitative estimate of drug-likeness (QED) is 0.883. The van der Waals surface area contributed by atoms with Gasteiger partial charge in [0.25, 0.3) is 0 Å². The highest BCUT2D eigenvalue weighted by Gasteiger charge is 2.11. The maximum atomic E-state index is 13.0. The lowest BCUT2D eigenvalue weighted by atomic mass is 10.2. The number of rotatable bonds is 6. The maximum absolute atomic E-state index is 13.0. The van der Waals surface area contributed by atoms with E-state index in [0.29, 0.717) is 12.0 Å². The van der Waals surface area contributed by atoms with E-state index in [-0.39, 0.29) is 12.3 Å². The fourth-order valence-corrected chi connectivity index (χ4v) is 2.82. The first-order valence-electron chi connectivity index (χ1n) is 5.78. The molecular formula is C13H14FNO3S. The standard InChI is InChI=1S/C13H14FNO3S/c14-13-3-1-2-12(8-13)10-19(16,17)15-6-4-11-5-7-18-9-11/h1-3,5,7-9,15H,4,6,10H2. The van der Waals surface area contributed by atoms with Crippen LogP contribution in [0, 0.1) is 5.82 Å². The van der Waals surface area contributed by atoms with Crippen molar-refractivity contribution in [3.05, 3.63) is 59.8 Å². The molecule has 0 aliphatic heterocycles. The number of hydrogen-bond acceptors (Lipinski definition) is 3. The molecule has 1 aromatic heterocycles. The summed E-state index contributed by atoms with van der Waals surface area (Å²) in [6.45, 7) is 0.289. The van der Waals surface area contributed by atoms with Crippen LogP contribution in [-0.4, -0.2) is 15.0 Å². The third kappa shape index (κ3) is 4.50. The largest absolute Gasteiger partial charge is 0.472 e. The molecule has 4 nitrogen and oxygen atoms in total. The second-order valence-corrected chi connectivity index (χ2v) is 5.97. The summed E-state index contributed by atoms with van der Waals surface area (Å²) in [5.74, 6) is -0.665. The molecule has 0 amide bonds. The van der Waals surface area contributed by atoms with Crippen molar-refractivity contribution in [2.45, 2.75) is 12.2 Å². The summed E-state index contributed by atoms with van der Waals surface area (Å²) in [7, 11) is -3.45. The van der Waals surface area contributed by atoms with E-state index in [9.17, 15) is 12.8 Å². The van der Waals surface area contributed by atoms with Gasteiger partial charge < -0.3 is 4.42 Å². The molecule has 1 aromatic carbocycles. The molecule has 1 N–H and O–H groups in total. The summed E-state index contributed by atoms with van der Waals surface area (Å²) in [4.78, 5) is 0. The van der Waals surface area contributed by atoms with E-state index in [1.54, 1.807) is 18.4 Å². The molecule has 0 atom stereocenters. The van der Waals surface area contributed by atoms with Crippen LogP contribution in [-0.2, 0) is 22.2 Å². The number of furan rings is 1. The Morgan fingerprint density at radius 1 is 1.21 bits per heavy atom. The van der Waals surface area contributed by atoms with Gasteiger partial charge in [-0.2, -0.15) is 0 Å². The van der Waals surface area contributed by atoms with E-state index in [0.717, 1.165) is 5.56 Å². The highest BCUT2D eigenvalue weighted by atomic mass is 32.2. The molecule has 2 aromatic rings. The van der Waals surface area contributed by atoms with Gasteiger partial charge in [0.05, 0.1) is 18.3 Å². The predicted octanol–water partition coefficient (Wildman–Crippen LogP) is 2.08. The molecule has 102 valence electrons. The van der Waals surface area contributed by atoms with Crippen LogP contribution in [0.1, 0.15) is 11.1 Å². The van der Waals surface area contributed by atoms with Crippen LogP contribution in [0.2, 0.25) is 0 Å². The number of benzene rings is 1. The van der Waals surface area contributed by atoms with Crippen molar-refractivity contribution in [3.8, 4) is 0 Å². The molecule has 0 radical (unpaired) electrons. The summed E-state index contributed by atoms with van der Waals surface area (Å²) in [6.07, 6.45) is 3.66. The Hall–Kier alpha value is -1.66. The zero-order valence-electron chi connectivity index (χ0n) is 10.2. The minimum atomic E-state index is -3.45. The Morgan fingerprint density at radius 3 is 2.74 bits per heavy atom. The van der Waals surface area contributed by atoms with Gasteiger partial charge in [-0.1, -0.05) is 12.1 Å². The molecule has 0 saturated carbocycles. The molecule has 0 spiro atoms. The van der Waals surface area contributed by atoms with Crippen molar-refractivity contribution in [1.29, 1.82) is 0 Å². The van der Waals surface area contributed by atoms with Gasteiger partial charge in [-0.15, -0.1) is 0 Å². The van der Waals surface area contributed by atoms with Crippen LogP contribution in [0.15, 0.2) is 47.3 Å². The molecule has 1 heterocycles. The molecule has 0 aliphatic carbocycles. The van der Waals surface area contributed by atoms with E-state index >= 15 is 0 Å². The Bertz CT molecular complexity index is 623. The topological polar surface area (TPSA) is 59.3 Å². The molecule has 19 heavy (non-hydrogen) atoms. The van der Waals surface area contributed by atoms with E-state index in [2.05, 4.69) is 4.72 Å². The number of nitrogens with one attached hydrogen (secondary N) is 1. The van der Waals surface area contributed by atoms with Crippen molar-refractivity contribution >= 4 is 10.0 Å². The predicted molar refractivity (Wildman–Crippen MR) is 69.4 cm³/mol. The van der Waals surface area contributed by atoms with Crippen molar-refractivity contribution in [1.82, 2.24) is 4.72 Å². The van der Waals surface area contributed by atoms with Crippen molar-refractivity contribution in [2.75, 3.05) is 6.54 Å². The zero-order chi connectivity index (χ0) is 13.7. The Morgan fingerprint density at radius 2 is 2.05 bits per heavy atom. The van der Waals surface area contributed by atoms with Crippen LogP contribution in [0.25, 0.3) is 0 Å². The van der Waals surface area contributed by atoms with Gasteiger partial charge in [0, 0.05) is 6.54 Å². The molecule has 0 aliphatic rings. The van der Waals surface area contributed by atoms with Gasteiger partial charge in [-0.05, 0) is 35.7 Å². The average molecular weight is 283 g/mol. The molecule has 0 saturated heterocycles. The van der Waals surface area contributed by atoms with Gasteiger partial charge in [-0.3, -0.25) is 0 Å². The normalized spacial score (nSPS) is 11.6. The summed E-state index contributed by atoms with van der Waals surface area (Å²) >= 11 is 0. The van der Waals surface area contributed by atoms with E-state index in [1.165, 1.54) is 24.5 Å². The summed E-state index contributed by atoms with van der Waals surface area (Å²) < 4.78 is 43.9. The maximum Gasteiger partial charge on any atom is 0.215 e. The molecule has 2 rings (SSSR count). The minimum absolute atomic E-state index is 0.226. The smallest absolute Gasteiger partial charge is 0.215 e. The lowest BCUT2D eigenvalue weighted by molar-refractivity contribution is 0.562. The van der Waals surface area contributed by atoms with Gasteiger partial charge in [0.15, 0.2) is 0 Å². The molecule has 0 bridgehead atoms. The lowest BCUT2D eigenvalue weighted by Gasteiger charge is -2.06. The minimum Gasteiger partial charge on any atom is -0.472 e. The monoisotopic (exact) mass is 283 g/mol. The third-order valence-electron chi connectivity index (χ3n) is 2.56. The Labute approximate surface area is 111 Å². The van der Waals surface area contributed by atoms with Crippen LogP contribution in [0.5, 0.6) is 0 Å². The van der Waals surface area contributed by atoms with Gasteiger partial charge in [-0.25, -0.2) is 17.5 Å². The lowest BCUT2D eigenvalue weighted by Crippen LogP contribution is -2.27. The molecule has 0 fully saturated rings. The Kier molecular flexibility index (Phi) is 4.34. The van der Waals surface area contributed by atoms with Crippen molar-refractivity contribution < 1.29 is 17.2 Å². The second kappa shape index (κ2) is 5.99.